The minimum absolute atomic E-state index is 0.0337. The molecule has 2 saturated carbocycles. The molecule has 6 nitrogen and oxygen atoms in total. The number of hydrogen-bond acceptors (Lipinski definition) is 3. The molecule has 1 aromatic carbocycles. The number of benzene rings is 1. The zero-order valence-corrected chi connectivity index (χ0v) is 23.1. The summed E-state index contributed by atoms with van der Waals surface area (Å²) < 4.78 is 2.00. The third kappa shape index (κ3) is 4.61. The van der Waals surface area contributed by atoms with Gasteiger partial charge in [-0.1, -0.05) is 68.9 Å². The lowest BCUT2D eigenvalue weighted by atomic mass is 9.83. The largest absolute Gasteiger partial charge is 0.477 e. The molecule has 1 aromatic rings. The first kappa shape index (κ1) is 25.7. The summed E-state index contributed by atoms with van der Waals surface area (Å²) in [5, 5.41) is 10.8. The smallest absolute Gasteiger partial charge is 0.344 e. The van der Waals surface area contributed by atoms with Gasteiger partial charge in [-0.05, 0) is 62.0 Å². The van der Waals surface area contributed by atoms with Crippen LogP contribution in [-0.2, 0) is 14.4 Å². The van der Waals surface area contributed by atoms with Crippen molar-refractivity contribution in [3.05, 3.63) is 52.6 Å². The van der Waals surface area contributed by atoms with Crippen LogP contribution in [0.25, 0.3) is 4.91 Å². The number of carbonyl (C=O) groups is 3. The summed E-state index contributed by atoms with van der Waals surface area (Å²) in [6.45, 7) is 0. The monoisotopic (exact) mass is 536 g/mol. The zero-order chi connectivity index (χ0) is 26.2. The van der Waals surface area contributed by atoms with E-state index in [-0.39, 0.29) is 28.8 Å². The van der Waals surface area contributed by atoms with E-state index in [2.05, 4.69) is 0 Å². The molecule has 7 heteroatoms. The van der Waals surface area contributed by atoms with Crippen LogP contribution in [0.15, 0.2) is 47.0 Å². The molecule has 1 unspecified atom stereocenters. The Morgan fingerprint density at radius 1 is 0.763 bits per heavy atom. The molecule has 0 spiro atoms. The van der Waals surface area contributed by atoms with E-state index in [4.69, 9.17) is 0 Å². The number of nitrogens with zero attached hydrogens (tertiary/aromatic N) is 2. The van der Waals surface area contributed by atoms with E-state index in [0.29, 0.717) is 30.4 Å². The van der Waals surface area contributed by atoms with Crippen molar-refractivity contribution in [1.29, 1.82) is 0 Å². The van der Waals surface area contributed by atoms with Gasteiger partial charge in [0.2, 0.25) is 11.8 Å². The van der Waals surface area contributed by atoms with Crippen LogP contribution in [-0.4, -0.2) is 44.2 Å². The highest BCUT2D eigenvalue weighted by Crippen LogP contribution is 2.61. The Morgan fingerprint density at radius 3 is 1.97 bits per heavy atom. The third-order valence-corrected chi connectivity index (χ3v) is 12.2. The lowest BCUT2D eigenvalue weighted by molar-refractivity contribution is -0.132. The van der Waals surface area contributed by atoms with Crippen molar-refractivity contribution in [3.63, 3.8) is 0 Å². The molecule has 1 N–H and O–H groups in total. The first-order valence-electron chi connectivity index (χ1n) is 14.7. The fourth-order valence-electron chi connectivity index (χ4n) is 7.80. The lowest BCUT2D eigenvalue weighted by Gasteiger charge is -2.41. The van der Waals surface area contributed by atoms with E-state index >= 15 is 0 Å². The van der Waals surface area contributed by atoms with Crippen LogP contribution >= 0.6 is 11.1 Å². The Labute approximate surface area is 228 Å². The topological polar surface area (TPSA) is 77.9 Å². The summed E-state index contributed by atoms with van der Waals surface area (Å²) in [5.74, 6) is -0.0345. The number of carboxylic acid groups (broad SMARTS) is 1. The predicted octanol–water partition coefficient (Wildman–Crippen LogP) is 6.40. The lowest BCUT2D eigenvalue weighted by Crippen LogP contribution is -2.39. The maximum absolute atomic E-state index is 13.6. The number of aliphatic carboxylic acids is 1. The maximum Gasteiger partial charge on any atom is 0.344 e. The van der Waals surface area contributed by atoms with Crippen LogP contribution in [0.4, 0.5) is 0 Å². The van der Waals surface area contributed by atoms with Crippen molar-refractivity contribution in [1.82, 2.24) is 9.21 Å². The average Bonchev–Trinajstić information content (AvgIpc) is 3.64. The van der Waals surface area contributed by atoms with Crippen LogP contribution in [0.1, 0.15) is 95.5 Å². The Balaban J connectivity index is 1.46. The molecule has 5 aliphatic rings. The Morgan fingerprint density at radius 2 is 1.34 bits per heavy atom. The summed E-state index contributed by atoms with van der Waals surface area (Å²) in [5.41, 5.74) is 1.51. The number of likely N-dealkylation sites (tertiary alicyclic amines) is 1. The first-order valence-corrected chi connectivity index (χ1v) is 16.0. The van der Waals surface area contributed by atoms with Crippen LogP contribution in [0.2, 0.25) is 0 Å². The van der Waals surface area contributed by atoms with Gasteiger partial charge in [0.15, 0.2) is 0 Å². The van der Waals surface area contributed by atoms with Gasteiger partial charge in [-0.3, -0.25) is 13.9 Å². The second-order valence-corrected chi connectivity index (χ2v) is 13.7. The molecule has 38 heavy (non-hydrogen) atoms. The molecule has 6 rings (SSSR count). The Kier molecular flexibility index (Phi) is 7.39. The van der Waals surface area contributed by atoms with Gasteiger partial charge in [-0.15, -0.1) is 11.1 Å². The molecule has 0 bridgehead atoms. The molecule has 2 saturated heterocycles. The van der Waals surface area contributed by atoms with Crippen molar-refractivity contribution in [3.8, 4) is 0 Å². The van der Waals surface area contributed by atoms with E-state index in [9.17, 15) is 19.5 Å². The molecule has 2 amide bonds. The number of amides is 2. The summed E-state index contributed by atoms with van der Waals surface area (Å²) in [4.78, 5) is 43.2. The van der Waals surface area contributed by atoms with Gasteiger partial charge in [0, 0.05) is 29.8 Å². The number of allylic oxidation sites excluding steroid dienone is 1. The highest BCUT2D eigenvalue weighted by Gasteiger charge is 2.48. The maximum atomic E-state index is 13.6. The van der Waals surface area contributed by atoms with Crippen LogP contribution in [0.5, 0.6) is 0 Å². The minimum atomic E-state index is -1.57. The molecule has 0 radical (unpaired) electrons. The van der Waals surface area contributed by atoms with E-state index in [1.54, 1.807) is 0 Å². The van der Waals surface area contributed by atoms with Gasteiger partial charge in [0.05, 0.1) is 5.70 Å². The second-order valence-electron chi connectivity index (χ2n) is 11.8. The SMILES string of the molecule is O=C(O)C1=C(N2C(=O)CC[C@H]2C2CCCCC2)C=C(c2ccccc2)[SH]1N1C(=O)CC[C@H]1C1CCCCC1. The minimum Gasteiger partial charge on any atom is -0.477 e. The van der Waals surface area contributed by atoms with Gasteiger partial charge in [0.1, 0.15) is 4.91 Å². The van der Waals surface area contributed by atoms with Gasteiger partial charge >= 0.3 is 5.97 Å². The van der Waals surface area contributed by atoms with E-state index in [1.165, 1.54) is 38.5 Å². The Bertz CT molecular complexity index is 1150. The van der Waals surface area contributed by atoms with E-state index in [0.717, 1.165) is 49.0 Å². The standard InChI is InChI=1S/C31H40N2O4S/c34-28-18-16-24(21-10-4-1-5-11-21)32(28)26-20-27(23-14-8-3-9-15-23)38(30(26)31(36)37)33-25(17-19-29(33)35)22-12-6-2-7-13-22/h3,8-9,14-15,20-22,24-25,38H,1-2,4-7,10-13,16-19H2,(H,36,37)/t24-,25-/m0/s1. The van der Waals surface area contributed by atoms with Gasteiger partial charge in [0.25, 0.3) is 0 Å². The molecular weight excluding hydrogens is 496 g/mol. The quantitative estimate of drug-likeness (QED) is 0.413. The number of rotatable bonds is 6. The van der Waals surface area contributed by atoms with Crippen molar-refractivity contribution in [2.45, 2.75) is 102 Å². The van der Waals surface area contributed by atoms with Gasteiger partial charge in [-0.2, -0.15) is 0 Å². The van der Waals surface area contributed by atoms with Crippen molar-refractivity contribution >= 4 is 33.8 Å². The summed E-state index contributed by atoms with van der Waals surface area (Å²) in [6.07, 6.45) is 16.1. The molecule has 3 heterocycles. The predicted molar refractivity (Wildman–Crippen MR) is 151 cm³/mol. The average molecular weight is 537 g/mol. The first-order chi connectivity index (χ1) is 18.5. The Hall–Kier alpha value is -2.54. The summed E-state index contributed by atoms with van der Waals surface area (Å²) in [6, 6.07) is 10.1. The molecule has 0 aromatic heterocycles. The number of carboxylic acids is 1. The molecule has 2 aliphatic carbocycles. The van der Waals surface area contributed by atoms with Crippen molar-refractivity contribution < 1.29 is 19.5 Å². The zero-order valence-electron chi connectivity index (χ0n) is 22.2. The third-order valence-electron chi connectivity index (χ3n) is 9.57. The molecule has 3 atom stereocenters. The summed E-state index contributed by atoms with van der Waals surface area (Å²) in [7, 11) is 0. The van der Waals surface area contributed by atoms with Crippen molar-refractivity contribution in [2.75, 3.05) is 0 Å². The molecule has 3 aliphatic heterocycles. The number of carbonyl (C=O) groups excluding carboxylic acids is 2. The highest BCUT2D eigenvalue weighted by atomic mass is 32.2. The fraction of sp³-hybridized carbons (Fsp3) is 0.581. The molecular formula is C31H40N2O4S. The number of thiol groups is 1. The van der Waals surface area contributed by atoms with Gasteiger partial charge in [-0.25, -0.2) is 4.79 Å². The van der Waals surface area contributed by atoms with Crippen molar-refractivity contribution in [2.24, 2.45) is 11.8 Å². The van der Waals surface area contributed by atoms with Crippen LogP contribution in [0.3, 0.4) is 0 Å². The normalized spacial score (nSPS) is 30.4. The second kappa shape index (κ2) is 10.9. The fourth-order valence-corrected chi connectivity index (χ4v) is 10.6. The molecule has 4 fully saturated rings. The summed E-state index contributed by atoms with van der Waals surface area (Å²) >= 11 is -1.57. The molecule has 204 valence electrons. The highest BCUT2D eigenvalue weighted by molar-refractivity contribution is 8.27. The number of hydrogen-bond donors (Lipinski definition) is 2. The van der Waals surface area contributed by atoms with E-state index in [1.807, 2.05) is 45.6 Å². The van der Waals surface area contributed by atoms with Crippen LogP contribution in [0, 0.1) is 11.8 Å². The van der Waals surface area contributed by atoms with Crippen LogP contribution < -0.4 is 0 Å². The van der Waals surface area contributed by atoms with E-state index < -0.39 is 17.1 Å². The van der Waals surface area contributed by atoms with Gasteiger partial charge < -0.3 is 10.0 Å².